The van der Waals surface area contributed by atoms with Crippen LogP contribution in [0.1, 0.15) is 10.5 Å². The molecule has 1 aliphatic rings. The van der Waals surface area contributed by atoms with Gasteiger partial charge in [0.2, 0.25) is 0 Å². The molecule has 1 saturated heterocycles. The standard InChI is InChI=1S/C11H11F3N4O3/c12-11(13,14)10(21)18-5-3-17(4-6-18)8-2-1-7(9(19)20)15-16-8/h1-2H,3-6H2,(H,19,20). The first-order valence-corrected chi connectivity index (χ1v) is 5.97. The number of carboxylic acids is 1. The molecule has 0 aliphatic carbocycles. The molecule has 2 heterocycles. The minimum Gasteiger partial charge on any atom is -0.476 e. The second kappa shape index (κ2) is 5.54. The van der Waals surface area contributed by atoms with Gasteiger partial charge in [-0.2, -0.15) is 13.2 Å². The molecule has 1 aromatic rings. The molecule has 1 N–H and O–H groups in total. The van der Waals surface area contributed by atoms with Gasteiger partial charge in [-0.15, -0.1) is 10.2 Å². The third-order valence-corrected chi connectivity index (χ3v) is 3.00. The molecule has 1 aliphatic heterocycles. The van der Waals surface area contributed by atoms with Crippen molar-refractivity contribution in [2.24, 2.45) is 0 Å². The Morgan fingerprint density at radius 1 is 1.10 bits per heavy atom. The Bertz CT molecular complexity index is 539. The van der Waals surface area contributed by atoms with Crippen molar-refractivity contribution in [3.8, 4) is 0 Å². The van der Waals surface area contributed by atoms with E-state index in [0.717, 1.165) is 4.90 Å². The summed E-state index contributed by atoms with van der Waals surface area (Å²) in [5.74, 6) is -2.71. The van der Waals surface area contributed by atoms with Crippen molar-refractivity contribution >= 4 is 17.7 Å². The van der Waals surface area contributed by atoms with Crippen LogP contribution in [0.2, 0.25) is 0 Å². The summed E-state index contributed by atoms with van der Waals surface area (Å²) in [5, 5.41) is 15.9. The van der Waals surface area contributed by atoms with E-state index in [1.54, 1.807) is 4.90 Å². The van der Waals surface area contributed by atoms with Gasteiger partial charge in [0.05, 0.1) is 0 Å². The van der Waals surface area contributed by atoms with E-state index < -0.39 is 18.1 Å². The van der Waals surface area contributed by atoms with Gasteiger partial charge in [-0.25, -0.2) is 4.79 Å². The molecule has 1 aromatic heterocycles. The van der Waals surface area contributed by atoms with Crippen LogP contribution in [0.4, 0.5) is 19.0 Å². The molecule has 0 saturated carbocycles. The van der Waals surface area contributed by atoms with Crippen LogP contribution in [0.15, 0.2) is 12.1 Å². The van der Waals surface area contributed by atoms with Gasteiger partial charge in [0, 0.05) is 26.2 Å². The minimum atomic E-state index is -4.87. The van der Waals surface area contributed by atoms with E-state index in [-0.39, 0.29) is 31.9 Å². The second-order valence-corrected chi connectivity index (χ2v) is 4.36. The summed E-state index contributed by atoms with van der Waals surface area (Å²) in [6.07, 6.45) is -4.87. The third kappa shape index (κ3) is 3.38. The molecule has 0 unspecified atom stereocenters. The molecule has 2 rings (SSSR count). The van der Waals surface area contributed by atoms with Gasteiger partial charge in [-0.05, 0) is 12.1 Å². The number of carbonyl (C=O) groups excluding carboxylic acids is 1. The zero-order valence-corrected chi connectivity index (χ0v) is 10.7. The predicted octanol–water partition coefficient (Wildman–Crippen LogP) is 0.386. The van der Waals surface area contributed by atoms with Gasteiger partial charge in [0.15, 0.2) is 11.5 Å². The fourth-order valence-corrected chi connectivity index (χ4v) is 1.93. The number of nitrogens with zero attached hydrogens (tertiary/aromatic N) is 4. The zero-order chi connectivity index (χ0) is 15.6. The number of carbonyl (C=O) groups is 2. The average Bonchev–Trinajstić information content (AvgIpc) is 2.46. The van der Waals surface area contributed by atoms with Crippen molar-refractivity contribution in [2.75, 3.05) is 31.1 Å². The number of aromatic carboxylic acids is 1. The Balaban J connectivity index is 1.98. The van der Waals surface area contributed by atoms with Crippen LogP contribution in [0, 0.1) is 0 Å². The van der Waals surface area contributed by atoms with Gasteiger partial charge in [-0.3, -0.25) is 4.79 Å². The molecule has 0 bridgehead atoms. The number of rotatable bonds is 2. The number of halogens is 3. The minimum absolute atomic E-state index is 0.0826. The van der Waals surface area contributed by atoms with E-state index in [2.05, 4.69) is 10.2 Å². The number of hydrogen-bond donors (Lipinski definition) is 1. The molecule has 10 heteroatoms. The van der Waals surface area contributed by atoms with Crippen molar-refractivity contribution in [3.63, 3.8) is 0 Å². The summed E-state index contributed by atoms with van der Waals surface area (Å²) >= 11 is 0. The van der Waals surface area contributed by atoms with Crippen LogP contribution in [-0.2, 0) is 4.79 Å². The topological polar surface area (TPSA) is 86.6 Å². The van der Waals surface area contributed by atoms with Crippen LogP contribution in [0.3, 0.4) is 0 Å². The lowest BCUT2D eigenvalue weighted by molar-refractivity contribution is -0.185. The largest absolute Gasteiger partial charge is 0.476 e. The number of piperazine rings is 1. The Hall–Kier alpha value is -2.39. The molecular weight excluding hydrogens is 293 g/mol. The monoisotopic (exact) mass is 304 g/mol. The molecule has 21 heavy (non-hydrogen) atoms. The predicted molar refractivity (Wildman–Crippen MR) is 63.8 cm³/mol. The molecule has 0 aromatic carbocycles. The molecular formula is C11H11F3N4O3. The summed E-state index contributed by atoms with van der Waals surface area (Å²) in [5.41, 5.74) is -0.218. The van der Waals surface area contributed by atoms with Crippen molar-refractivity contribution < 1.29 is 27.9 Å². The fourth-order valence-electron chi connectivity index (χ4n) is 1.93. The third-order valence-electron chi connectivity index (χ3n) is 3.00. The van der Waals surface area contributed by atoms with E-state index in [9.17, 15) is 22.8 Å². The highest BCUT2D eigenvalue weighted by atomic mass is 19.4. The van der Waals surface area contributed by atoms with Gasteiger partial charge in [0.25, 0.3) is 0 Å². The molecule has 1 amide bonds. The maximum absolute atomic E-state index is 12.3. The molecule has 0 radical (unpaired) electrons. The summed E-state index contributed by atoms with van der Waals surface area (Å²) < 4.78 is 36.9. The van der Waals surface area contributed by atoms with E-state index in [0.29, 0.717) is 5.82 Å². The quantitative estimate of drug-likeness (QED) is 0.850. The number of amides is 1. The highest BCUT2D eigenvalue weighted by Crippen LogP contribution is 2.20. The van der Waals surface area contributed by atoms with Crippen molar-refractivity contribution in [1.82, 2.24) is 15.1 Å². The van der Waals surface area contributed by atoms with E-state index >= 15 is 0 Å². The Morgan fingerprint density at radius 2 is 1.71 bits per heavy atom. The normalized spacial score (nSPS) is 16.0. The first kappa shape index (κ1) is 15.0. The fraction of sp³-hybridized carbons (Fsp3) is 0.455. The smallest absolute Gasteiger partial charge is 0.471 e. The number of alkyl halides is 3. The first-order valence-electron chi connectivity index (χ1n) is 5.97. The van der Waals surface area contributed by atoms with Crippen LogP contribution < -0.4 is 4.90 Å². The maximum Gasteiger partial charge on any atom is 0.471 e. The van der Waals surface area contributed by atoms with Crippen molar-refractivity contribution in [1.29, 1.82) is 0 Å². The van der Waals surface area contributed by atoms with Crippen LogP contribution in [0.5, 0.6) is 0 Å². The zero-order valence-electron chi connectivity index (χ0n) is 10.7. The number of aromatic nitrogens is 2. The first-order chi connectivity index (χ1) is 9.79. The Kier molecular flexibility index (Phi) is 3.96. The van der Waals surface area contributed by atoms with Gasteiger partial charge >= 0.3 is 18.1 Å². The van der Waals surface area contributed by atoms with Crippen LogP contribution >= 0.6 is 0 Å². The Labute approximate surface area is 117 Å². The lowest BCUT2D eigenvalue weighted by Gasteiger charge is -2.35. The number of anilines is 1. The van der Waals surface area contributed by atoms with Crippen LogP contribution in [0.25, 0.3) is 0 Å². The number of carboxylic acid groups (broad SMARTS) is 1. The summed E-state index contributed by atoms with van der Waals surface area (Å²) in [6, 6.07) is 2.69. The van der Waals surface area contributed by atoms with Gasteiger partial charge < -0.3 is 14.9 Å². The summed E-state index contributed by atoms with van der Waals surface area (Å²) in [6.45, 7) is 0.174. The second-order valence-electron chi connectivity index (χ2n) is 4.36. The molecule has 0 atom stereocenters. The SMILES string of the molecule is O=C(O)c1ccc(N2CCN(C(=O)C(F)(F)F)CC2)nn1. The summed E-state index contributed by atoms with van der Waals surface area (Å²) in [4.78, 5) is 24.1. The van der Waals surface area contributed by atoms with Gasteiger partial charge in [0.1, 0.15) is 0 Å². The molecule has 0 spiro atoms. The molecule has 114 valence electrons. The highest BCUT2D eigenvalue weighted by Gasteiger charge is 2.43. The Morgan fingerprint density at radius 3 is 2.14 bits per heavy atom. The lowest BCUT2D eigenvalue weighted by Crippen LogP contribution is -2.52. The van der Waals surface area contributed by atoms with E-state index in [4.69, 9.17) is 5.11 Å². The number of hydrogen-bond acceptors (Lipinski definition) is 5. The van der Waals surface area contributed by atoms with Crippen molar-refractivity contribution in [3.05, 3.63) is 17.8 Å². The van der Waals surface area contributed by atoms with E-state index in [1.807, 2.05) is 0 Å². The van der Waals surface area contributed by atoms with Gasteiger partial charge in [-0.1, -0.05) is 0 Å². The highest BCUT2D eigenvalue weighted by molar-refractivity contribution is 5.85. The average molecular weight is 304 g/mol. The maximum atomic E-state index is 12.3. The molecule has 7 nitrogen and oxygen atoms in total. The van der Waals surface area contributed by atoms with Crippen molar-refractivity contribution in [2.45, 2.75) is 6.18 Å². The lowest BCUT2D eigenvalue weighted by atomic mass is 10.3. The van der Waals surface area contributed by atoms with Crippen LogP contribution in [-0.4, -0.2) is 64.4 Å². The molecule has 1 fully saturated rings. The van der Waals surface area contributed by atoms with E-state index in [1.165, 1.54) is 12.1 Å². The summed E-state index contributed by atoms with van der Waals surface area (Å²) in [7, 11) is 0.